The minimum atomic E-state index is 0.505. The van der Waals surface area contributed by atoms with Crippen LogP contribution in [-0.2, 0) is 0 Å². The van der Waals surface area contributed by atoms with E-state index in [4.69, 9.17) is 26.8 Å². The Hall–Kier alpha value is -2.40. The number of nitrogens with two attached hydrogens (primary N) is 1. The smallest absolute Gasteiger partial charge is 0.141 e. The van der Waals surface area contributed by atoms with E-state index in [9.17, 15) is 0 Å². The van der Waals surface area contributed by atoms with Crippen LogP contribution >= 0.6 is 11.6 Å². The number of imidazole rings is 1. The molecule has 3 aromatic rings. The summed E-state index contributed by atoms with van der Waals surface area (Å²) in [7, 11) is 3.16. The minimum Gasteiger partial charge on any atom is -0.496 e. The molecule has 2 heterocycles. The van der Waals surface area contributed by atoms with Crippen LogP contribution in [0.3, 0.4) is 0 Å². The lowest BCUT2D eigenvalue weighted by molar-refractivity contribution is 0.395. The highest BCUT2D eigenvalue weighted by molar-refractivity contribution is 6.32. The standard InChI is InChI=1S/C15H14ClN3O2/c1-20-13-7-14(21-2)11(16)6-10(13)12-8-19-4-3-9(17)5-15(19)18-12/h3-8H,17H2,1-2H3. The maximum absolute atomic E-state index is 6.20. The fourth-order valence-corrected chi connectivity index (χ4v) is 2.43. The monoisotopic (exact) mass is 303 g/mol. The molecule has 108 valence electrons. The first kappa shape index (κ1) is 13.6. The van der Waals surface area contributed by atoms with E-state index in [2.05, 4.69) is 4.98 Å². The molecule has 0 fully saturated rings. The number of anilines is 1. The first-order valence-corrected chi connectivity index (χ1v) is 6.66. The summed E-state index contributed by atoms with van der Waals surface area (Å²) in [6.45, 7) is 0. The zero-order valence-corrected chi connectivity index (χ0v) is 12.4. The van der Waals surface area contributed by atoms with Gasteiger partial charge >= 0.3 is 0 Å². The number of halogens is 1. The molecule has 0 aliphatic carbocycles. The number of ether oxygens (including phenoxy) is 2. The number of nitrogens with zero attached hydrogens (tertiary/aromatic N) is 2. The van der Waals surface area contributed by atoms with Gasteiger partial charge in [0.15, 0.2) is 0 Å². The fraction of sp³-hybridized carbons (Fsp3) is 0.133. The van der Waals surface area contributed by atoms with Gasteiger partial charge in [0.2, 0.25) is 0 Å². The van der Waals surface area contributed by atoms with Crippen molar-refractivity contribution in [3.63, 3.8) is 0 Å². The van der Waals surface area contributed by atoms with E-state index in [1.165, 1.54) is 0 Å². The molecule has 2 aromatic heterocycles. The van der Waals surface area contributed by atoms with Gasteiger partial charge in [0.05, 0.1) is 24.9 Å². The Bertz CT molecular complexity index is 814. The van der Waals surface area contributed by atoms with Gasteiger partial charge in [0.1, 0.15) is 17.1 Å². The van der Waals surface area contributed by atoms with Gasteiger partial charge in [-0.15, -0.1) is 0 Å². The largest absolute Gasteiger partial charge is 0.496 e. The molecule has 1 aromatic carbocycles. The molecule has 3 rings (SSSR count). The number of hydrogen-bond donors (Lipinski definition) is 1. The Kier molecular flexibility index (Phi) is 3.35. The van der Waals surface area contributed by atoms with Crippen molar-refractivity contribution in [3.8, 4) is 22.8 Å². The molecular formula is C15H14ClN3O2. The summed E-state index contributed by atoms with van der Waals surface area (Å²) < 4.78 is 12.5. The van der Waals surface area contributed by atoms with Gasteiger partial charge in [-0.2, -0.15) is 0 Å². The Morgan fingerprint density at radius 1 is 1.14 bits per heavy atom. The van der Waals surface area contributed by atoms with Gasteiger partial charge < -0.3 is 19.6 Å². The molecule has 6 heteroatoms. The lowest BCUT2D eigenvalue weighted by Gasteiger charge is -2.10. The summed E-state index contributed by atoms with van der Waals surface area (Å²) in [4.78, 5) is 4.55. The van der Waals surface area contributed by atoms with Gasteiger partial charge in [-0.1, -0.05) is 11.6 Å². The van der Waals surface area contributed by atoms with Crippen molar-refractivity contribution >= 4 is 22.9 Å². The molecule has 0 saturated heterocycles. The normalized spacial score (nSPS) is 10.8. The number of rotatable bonds is 3. The number of fused-ring (bicyclic) bond motifs is 1. The Morgan fingerprint density at radius 2 is 1.90 bits per heavy atom. The van der Waals surface area contributed by atoms with Crippen LogP contribution in [0, 0.1) is 0 Å². The maximum Gasteiger partial charge on any atom is 0.141 e. The number of nitrogen functional groups attached to an aromatic ring is 1. The molecule has 0 aliphatic heterocycles. The lowest BCUT2D eigenvalue weighted by Crippen LogP contribution is -1.91. The van der Waals surface area contributed by atoms with E-state index in [1.807, 2.05) is 22.9 Å². The van der Waals surface area contributed by atoms with E-state index in [1.54, 1.807) is 32.4 Å². The molecule has 0 atom stereocenters. The molecule has 0 radical (unpaired) electrons. The minimum absolute atomic E-state index is 0.505. The summed E-state index contributed by atoms with van der Waals surface area (Å²) in [5.41, 5.74) is 8.75. The second kappa shape index (κ2) is 5.18. The fourth-order valence-electron chi connectivity index (χ4n) is 2.19. The van der Waals surface area contributed by atoms with Crippen molar-refractivity contribution in [1.29, 1.82) is 0 Å². The van der Waals surface area contributed by atoms with Crippen LogP contribution in [-0.4, -0.2) is 23.6 Å². The summed E-state index contributed by atoms with van der Waals surface area (Å²) >= 11 is 6.20. The summed E-state index contributed by atoms with van der Waals surface area (Å²) in [5, 5.41) is 0.505. The predicted octanol–water partition coefficient (Wildman–Crippen LogP) is 3.25. The number of aromatic nitrogens is 2. The molecule has 5 nitrogen and oxygen atoms in total. The van der Waals surface area contributed by atoms with Crippen molar-refractivity contribution in [2.45, 2.75) is 0 Å². The van der Waals surface area contributed by atoms with Crippen molar-refractivity contribution in [1.82, 2.24) is 9.38 Å². The number of pyridine rings is 1. The highest BCUT2D eigenvalue weighted by atomic mass is 35.5. The van der Waals surface area contributed by atoms with Crippen molar-refractivity contribution in [2.24, 2.45) is 0 Å². The summed E-state index contributed by atoms with van der Waals surface area (Å²) in [6.07, 6.45) is 3.76. The second-order valence-corrected chi connectivity index (χ2v) is 4.95. The highest BCUT2D eigenvalue weighted by Crippen LogP contribution is 2.38. The van der Waals surface area contributed by atoms with Gasteiger partial charge in [-0.3, -0.25) is 0 Å². The van der Waals surface area contributed by atoms with Crippen molar-refractivity contribution in [3.05, 3.63) is 41.7 Å². The van der Waals surface area contributed by atoms with Gasteiger partial charge in [-0.25, -0.2) is 4.98 Å². The van der Waals surface area contributed by atoms with E-state index in [0.29, 0.717) is 22.2 Å². The van der Waals surface area contributed by atoms with Crippen LogP contribution in [0.25, 0.3) is 16.9 Å². The zero-order valence-electron chi connectivity index (χ0n) is 11.6. The molecule has 0 bridgehead atoms. The molecule has 0 amide bonds. The third-order valence-corrected chi connectivity index (χ3v) is 3.53. The Morgan fingerprint density at radius 3 is 2.62 bits per heavy atom. The highest BCUT2D eigenvalue weighted by Gasteiger charge is 2.14. The average molecular weight is 304 g/mol. The number of methoxy groups -OCH3 is 2. The van der Waals surface area contributed by atoms with Gasteiger partial charge in [-0.05, 0) is 12.1 Å². The van der Waals surface area contributed by atoms with Crippen LogP contribution in [0.4, 0.5) is 5.69 Å². The first-order valence-electron chi connectivity index (χ1n) is 6.28. The second-order valence-electron chi connectivity index (χ2n) is 4.54. The average Bonchev–Trinajstić information content (AvgIpc) is 2.89. The number of benzene rings is 1. The molecule has 21 heavy (non-hydrogen) atoms. The molecule has 0 aliphatic rings. The third-order valence-electron chi connectivity index (χ3n) is 3.23. The van der Waals surface area contributed by atoms with Crippen LogP contribution in [0.1, 0.15) is 0 Å². The Balaban J connectivity index is 2.19. The topological polar surface area (TPSA) is 61.8 Å². The lowest BCUT2D eigenvalue weighted by atomic mass is 10.1. The van der Waals surface area contributed by atoms with Crippen molar-refractivity contribution < 1.29 is 9.47 Å². The van der Waals surface area contributed by atoms with Gasteiger partial charge in [0.25, 0.3) is 0 Å². The third kappa shape index (κ3) is 2.36. The number of hydrogen-bond acceptors (Lipinski definition) is 4. The quantitative estimate of drug-likeness (QED) is 0.807. The van der Waals surface area contributed by atoms with E-state index in [0.717, 1.165) is 16.9 Å². The summed E-state index contributed by atoms with van der Waals surface area (Å²) in [6, 6.07) is 7.15. The Labute approximate surface area is 126 Å². The predicted molar refractivity (Wildman–Crippen MR) is 83.2 cm³/mol. The van der Waals surface area contributed by atoms with Crippen molar-refractivity contribution in [2.75, 3.05) is 20.0 Å². The SMILES string of the molecule is COc1cc(OC)c(-c2cn3ccc(N)cc3n2)cc1Cl. The zero-order chi connectivity index (χ0) is 15.0. The maximum atomic E-state index is 6.20. The van der Waals surface area contributed by atoms with E-state index >= 15 is 0 Å². The summed E-state index contributed by atoms with van der Waals surface area (Å²) in [5.74, 6) is 1.21. The molecule has 0 unspecified atom stereocenters. The van der Waals surface area contributed by atoms with E-state index in [-0.39, 0.29) is 0 Å². The molecule has 2 N–H and O–H groups in total. The van der Waals surface area contributed by atoms with Gasteiger partial charge in [0, 0.05) is 35.8 Å². The first-order chi connectivity index (χ1) is 10.1. The molecule has 0 spiro atoms. The van der Waals surface area contributed by atoms with Crippen LogP contribution in [0.5, 0.6) is 11.5 Å². The van der Waals surface area contributed by atoms with E-state index < -0.39 is 0 Å². The molecule has 0 saturated carbocycles. The van der Waals surface area contributed by atoms with Crippen LogP contribution in [0.15, 0.2) is 36.7 Å². The van der Waals surface area contributed by atoms with Crippen LogP contribution in [0.2, 0.25) is 5.02 Å². The van der Waals surface area contributed by atoms with Crippen LogP contribution < -0.4 is 15.2 Å². The molecular weight excluding hydrogens is 290 g/mol.